The first-order chi connectivity index (χ1) is 35.0. The van der Waals surface area contributed by atoms with Gasteiger partial charge in [-0.3, -0.25) is 18.6 Å². The van der Waals surface area contributed by atoms with Crippen molar-refractivity contribution in [2.24, 2.45) is 0 Å². The molecule has 72 heavy (non-hydrogen) atoms. The van der Waals surface area contributed by atoms with Gasteiger partial charge in [0.05, 0.1) is 27.7 Å². The lowest BCUT2D eigenvalue weighted by atomic mass is 10.1. The molecule has 0 rings (SSSR count). The van der Waals surface area contributed by atoms with E-state index in [1.165, 1.54) is 51.4 Å². The summed E-state index contributed by atoms with van der Waals surface area (Å²) in [5.41, 5.74) is 0. The van der Waals surface area contributed by atoms with Gasteiger partial charge in [-0.2, -0.15) is 0 Å². The Kier molecular flexibility index (Phi) is 49.7. The Morgan fingerprint density at radius 3 is 1.11 bits per heavy atom. The number of carbonyl (C=O) groups is 2. The van der Waals surface area contributed by atoms with Gasteiger partial charge in [-0.05, 0) is 103 Å². The van der Waals surface area contributed by atoms with Gasteiger partial charge >= 0.3 is 19.8 Å². The zero-order chi connectivity index (χ0) is 52.7. The fraction of sp³-hybridized carbons (Fsp3) is 0.645. The average Bonchev–Trinajstić information content (AvgIpc) is 3.34. The summed E-state index contributed by atoms with van der Waals surface area (Å²) in [4.78, 5) is 35.7. The highest BCUT2D eigenvalue weighted by atomic mass is 31.2. The smallest absolute Gasteiger partial charge is 0.462 e. The van der Waals surface area contributed by atoms with E-state index >= 15 is 0 Å². The summed E-state index contributed by atoms with van der Waals surface area (Å²) in [7, 11) is 1.45. The third-order valence-corrected chi connectivity index (χ3v) is 12.5. The van der Waals surface area contributed by atoms with Gasteiger partial charge < -0.3 is 18.9 Å². The molecule has 0 aliphatic heterocycles. The number of esters is 2. The van der Waals surface area contributed by atoms with Gasteiger partial charge in [0.1, 0.15) is 19.8 Å². The Hall–Kier alpha value is -3.59. The predicted molar refractivity (Wildman–Crippen MR) is 307 cm³/mol. The average molecular weight is 1020 g/mol. The highest BCUT2D eigenvalue weighted by Gasteiger charge is 2.27. The van der Waals surface area contributed by atoms with E-state index < -0.39 is 26.5 Å². The molecule has 10 heteroatoms. The number of quaternary nitrogens is 1. The van der Waals surface area contributed by atoms with Crippen LogP contribution in [-0.2, 0) is 32.7 Å². The molecule has 0 amide bonds. The number of phosphoric acid groups is 1. The van der Waals surface area contributed by atoms with Crippen LogP contribution in [0.3, 0.4) is 0 Å². The van der Waals surface area contributed by atoms with Crippen molar-refractivity contribution in [3.8, 4) is 0 Å². The Labute approximate surface area is 441 Å². The van der Waals surface area contributed by atoms with Crippen LogP contribution in [0.25, 0.3) is 0 Å². The molecule has 410 valence electrons. The molecular formula is C62H105NO8P+. The molecule has 0 aromatic heterocycles. The molecule has 0 aliphatic rings. The number of hydrogen-bond acceptors (Lipinski definition) is 7. The van der Waals surface area contributed by atoms with Gasteiger partial charge in [0.25, 0.3) is 0 Å². The normalized spacial score (nSPS) is 14.2. The van der Waals surface area contributed by atoms with Crippen LogP contribution in [0.5, 0.6) is 0 Å². The van der Waals surface area contributed by atoms with E-state index in [1.807, 2.05) is 21.1 Å². The van der Waals surface area contributed by atoms with Gasteiger partial charge in [-0.1, -0.05) is 212 Å². The molecule has 0 spiro atoms. The van der Waals surface area contributed by atoms with Crippen molar-refractivity contribution >= 4 is 19.8 Å². The van der Waals surface area contributed by atoms with Gasteiger partial charge in [0, 0.05) is 12.8 Å². The summed E-state index contributed by atoms with van der Waals surface area (Å²) in [6.45, 7) is 4.17. The minimum absolute atomic E-state index is 0.0216. The first-order valence-electron chi connectivity index (χ1n) is 28.3. The molecule has 0 fully saturated rings. The number of rotatable bonds is 50. The summed E-state index contributed by atoms with van der Waals surface area (Å²) in [5.74, 6) is -0.825. The van der Waals surface area contributed by atoms with E-state index in [0.29, 0.717) is 17.4 Å². The Bertz CT molecular complexity index is 1630. The number of likely N-dealkylation sites (N-methyl/N-ethyl adjacent to an activating group) is 1. The van der Waals surface area contributed by atoms with Gasteiger partial charge in [0.2, 0.25) is 0 Å². The zero-order valence-electron chi connectivity index (χ0n) is 46.4. The minimum atomic E-state index is -4.40. The molecule has 1 N–H and O–H groups in total. The van der Waals surface area contributed by atoms with E-state index in [0.717, 1.165) is 122 Å². The van der Waals surface area contributed by atoms with Crippen LogP contribution in [0.1, 0.15) is 206 Å². The molecular weight excluding hydrogens is 918 g/mol. The molecule has 0 saturated heterocycles. The lowest BCUT2D eigenvalue weighted by molar-refractivity contribution is -0.870. The van der Waals surface area contributed by atoms with Crippen LogP contribution in [0.4, 0.5) is 0 Å². The van der Waals surface area contributed by atoms with E-state index in [4.69, 9.17) is 18.5 Å². The van der Waals surface area contributed by atoms with Gasteiger partial charge in [-0.15, -0.1) is 0 Å². The highest BCUT2D eigenvalue weighted by molar-refractivity contribution is 7.47. The molecule has 0 saturated carbocycles. The van der Waals surface area contributed by atoms with Gasteiger partial charge in [0.15, 0.2) is 6.10 Å². The van der Waals surface area contributed by atoms with Gasteiger partial charge in [-0.25, -0.2) is 4.57 Å². The first-order valence-corrected chi connectivity index (χ1v) is 29.8. The lowest BCUT2D eigenvalue weighted by Crippen LogP contribution is -2.37. The maximum atomic E-state index is 12.8. The largest absolute Gasteiger partial charge is 0.472 e. The fourth-order valence-electron chi connectivity index (χ4n) is 7.19. The van der Waals surface area contributed by atoms with E-state index in [2.05, 4.69) is 135 Å². The van der Waals surface area contributed by atoms with Crippen LogP contribution >= 0.6 is 7.82 Å². The number of phosphoric ester groups is 1. The van der Waals surface area contributed by atoms with Crippen molar-refractivity contribution in [3.63, 3.8) is 0 Å². The number of nitrogens with zero attached hydrogens (tertiary/aromatic N) is 1. The molecule has 0 aromatic carbocycles. The predicted octanol–water partition coefficient (Wildman–Crippen LogP) is 17.6. The molecule has 0 radical (unpaired) electrons. The number of hydrogen-bond donors (Lipinski definition) is 1. The Balaban J connectivity index is 4.26. The highest BCUT2D eigenvalue weighted by Crippen LogP contribution is 2.43. The zero-order valence-corrected chi connectivity index (χ0v) is 47.3. The third-order valence-electron chi connectivity index (χ3n) is 11.5. The number of ether oxygens (including phenoxy) is 2. The molecule has 9 nitrogen and oxygen atoms in total. The van der Waals surface area contributed by atoms with Crippen LogP contribution in [0.2, 0.25) is 0 Å². The first kappa shape index (κ1) is 68.4. The quantitative estimate of drug-likeness (QED) is 0.0211. The monoisotopic (exact) mass is 1020 g/mol. The summed E-state index contributed by atoms with van der Waals surface area (Å²) >= 11 is 0. The second-order valence-corrected chi connectivity index (χ2v) is 21.0. The number of allylic oxidation sites excluding steroid dienone is 20. The van der Waals surface area contributed by atoms with Crippen LogP contribution in [0, 0.1) is 0 Å². The van der Waals surface area contributed by atoms with Crippen molar-refractivity contribution in [1.29, 1.82) is 0 Å². The number of unbranched alkanes of at least 4 members (excludes halogenated alkanes) is 16. The maximum absolute atomic E-state index is 12.8. The summed E-state index contributed by atoms with van der Waals surface area (Å²) in [6.07, 6.45) is 74.0. The van der Waals surface area contributed by atoms with Crippen molar-refractivity contribution in [1.82, 2.24) is 0 Å². The summed E-state index contributed by atoms with van der Waals surface area (Å²) in [5, 5.41) is 0. The van der Waals surface area contributed by atoms with Crippen LogP contribution < -0.4 is 0 Å². The molecule has 2 atom stereocenters. The molecule has 0 bridgehead atoms. The third kappa shape index (κ3) is 55.7. The van der Waals surface area contributed by atoms with Crippen LogP contribution in [-0.4, -0.2) is 74.9 Å². The van der Waals surface area contributed by atoms with Crippen molar-refractivity contribution < 1.29 is 42.1 Å². The summed E-state index contributed by atoms with van der Waals surface area (Å²) < 4.78 is 34.5. The second kappa shape index (κ2) is 52.3. The fourth-order valence-corrected chi connectivity index (χ4v) is 7.93. The Morgan fingerprint density at radius 2 is 0.750 bits per heavy atom. The SMILES string of the molecule is CC/C=C\C/C=C\C/C=C\C/C=C\C/C=C\C/C=C\CCCCCCCCCCC(=O)OC(COC(=O)CCCCCCCCCC/C=C\C/C=C\C/C=C\C/C=C\CC)COP(=O)(O)OCC[N+](C)(C)C. The lowest BCUT2D eigenvalue weighted by Gasteiger charge is -2.24. The molecule has 2 unspecified atom stereocenters. The molecule has 0 aliphatic carbocycles. The molecule has 0 aromatic rings. The minimum Gasteiger partial charge on any atom is -0.462 e. The maximum Gasteiger partial charge on any atom is 0.472 e. The van der Waals surface area contributed by atoms with Crippen molar-refractivity contribution in [2.45, 2.75) is 213 Å². The van der Waals surface area contributed by atoms with E-state index in [1.54, 1.807) is 0 Å². The molecule has 0 heterocycles. The van der Waals surface area contributed by atoms with Crippen molar-refractivity contribution in [2.75, 3.05) is 47.5 Å². The second-order valence-electron chi connectivity index (χ2n) is 19.6. The van der Waals surface area contributed by atoms with E-state index in [-0.39, 0.29) is 32.0 Å². The van der Waals surface area contributed by atoms with E-state index in [9.17, 15) is 19.0 Å². The van der Waals surface area contributed by atoms with Crippen molar-refractivity contribution in [3.05, 3.63) is 122 Å². The summed E-state index contributed by atoms with van der Waals surface area (Å²) in [6, 6.07) is 0. The van der Waals surface area contributed by atoms with Crippen LogP contribution in [0.15, 0.2) is 122 Å². The standard InChI is InChI=1S/C62H104NO8P/c1-6-8-10-12-14-16-18-20-22-24-26-28-29-30-31-32-33-35-37-39-41-43-45-47-49-51-53-55-62(65)71-60(59-70-72(66,67)69-57-56-63(3,4)5)58-68-61(64)54-52-50-48-46-44-42-40-38-36-34-27-25-23-21-19-17-15-13-11-9-7-2/h8-11,14-17,20-23,26-28,30-31,33-35,60H,6-7,12-13,18-19,24-25,29,32,36-59H2,1-5H3/p+1/b10-8-,11-9-,16-14-,17-15-,22-20-,23-21-,28-26-,31-30-,34-27-,35-33-. The topological polar surface area (TPSA) is 108 Å². The Morgan fingerprint density at radius 1 is 0.431 bits per heavy atom. The number of carbonyl (C=O) groups excluding carboxylic acids is 2.